The highest BCUT2D eigenvalue weighted by Crippen LogP contribution is 2.28. The van der Waals surface area contributed by atoms with Crippen LogP contribution in [0, 0.1) is 0 Å². The Morgan fingerprint density at radius 1 is 1.33 bits per heavy atom. The quantitative estimate of drug-likeness (QED) is 0.921. The number of nitrogens with one attached hydrogen (secondary N) is 1. The fourth-order valence-corrected chi connectivity index (χ4v) is 2.12. The van der Waals surface area contributed by atoms with E-state index in [2.05, 4.69) is 26.2 Å². The van der Waals surface area contributed by atoms with Crippen LogP contribution in [0.15, 0.2) is 41.1 Å². The number of pyridine rings is 1. The summed E-state index contributed by atoms with van der Waals surface area (Å²) in [5.74, 6) is 1.42. The van der Waals surface area contributed by atoms with Crippen molar-refractivity contribution in [1.82, 2.24) is 10.3 Å². The van der Waals surface area contributed by atoms with E-state index in [-0.39, 0.29) is 0 Å². The SMILES string of the molecule is CNCc1cc(Br)ccc1Oc1cncc(Cl)c1. The van der Waals surface area contributed by atoms with E-state index < -0.39 is 0 Å². The number of hydrogen-bond acceptors (Lipinski definition) is 3. The molecule has 0 saturated heterocycles. The zero-order chi connectivity index (χ0) is 13.0. The van der Waals surface area contributed by atoms with E-state index in [4.69, 9.17) is 16.3 Å². The van der Waals surface area contributed by atoms with Crippen molar-refractivity contribution < 1.29 is 4.74 Å². The molecule has 0 atom stereocenters. The lowest BCUT2D eigenvalue weighted by atomic mass is 10.2. The van der Waals surface area contributed by atoms with E-state index in [1.807, 2.05) is 25.2 Å². The van der Waals surface area contributed by atoms with Crippen molar-refractivity contribution in [2.24, 2.45) is 0 Å². The molecular formula is C13H12BrClN2O. The van der Waals surface area contributed by atoms with Gasteiger partial charge < -0.3 is 10.1 Å². The third kappa shape index (κ3) is 3.45. The van der Waals surface area contributed by atoms with Gasteiger partial charge in [0.05, 0.1) is 11.2 Å². The molecule has 0 bridgehead atoms. The first-order chi connectivity index (χ1) is 8.69. The van der Waals surface area contributed by atoms with Crippen LogP contribution in [0.5, 0.6) is 11.5 Å². The maximum Gasteiger partial charge on any atom is 0.147 e. The largest absolute Gasteiger partial charge is 0.455 e. The second-order valence-electron chi connectivity index (χ2n) is 3.72. The summed E-state index contributed by atoms with van der Waals surface area (Å²) in [6.45, 7) is 0.725. The van der Waals surface area contributed by atoms with E-state index in [0.29, 0.717) is 10.8 Å². The zero-order valence-electron chi connectivity index (χ0n) is 9.78. The fourth-order valence-electron chi connectivity index (χ4n) is 1.55. The van der Waals surface area contributed by atoms with Gasteiger partial charge >= 0.3 is 0 Å². The molecule has 3 nitrogen and oxygen atoms in total. The van der Waals surface area contributed by atoms with Crippen molar-refractivity contribution in [2.45, 2.75) is 6.54 Å². The van der Waals surface area contributed by atoms with E-state index in [1.165, 1.54) is 0 Å². The number of hydrogen-bond donors (Lipinski definition) is 1. The van der Waals surface area contributed by atoms with E-state index in [0.717, 1.165) is 22.3 Å². The predicted molar refractivity (Wildman–Crippen MR) is 76.2 cm³/mol. The third-order valence-corrected chi connectivity index (χ3v) is 3.00. The number of benzene rings is 1. The molecule has 0 aliphatic rings. The molecule has 94 valence electrons. The van der Waals surface area contributed by atoms with Crippen LogP contribution in [0.3, 0.4) is 0 Å². The molecule has 0 amide bonds. The number of nitrogens with zero attached hydrogens (tertiary/aromatic N) is 1. The average molecular weight is 328 g/mol. The average Bonchev–Trinajstić information content (AvgIpc) is 2.33. The standard InChI is InChI=1S/C13H12BrClN2O/c1-16-6-9-4-10(14)2-3-13(9)18-12-5-11(15)7-17-8-12/h2-5,7-8,16H,6H2,1H3. The highest BCUT2D eigenvalue weighted by atomic mass is 79.9. The first kappa shape index (κ1) is 13.3. The molecule has 0 unspecified atom stereocenters. The summed E-state index contributed by atoms with van der Waals surface area (Å²) in [5, 5.41) is 3.66. The molecule has 2 aromatic rings. The van der Waals surface area contributed by atoms with E-state index >= 15 is 0 Å². The van der Waals surface area contributed by atoms with Gasteiger partial charge in [-0.25, -0.2) is 0 Å². The van der Waals surface area contributed by atoms with Gasteiger partial charge in [0.25, 0.3) is 0 Å². The van der Waals surface area contributed by atoms with Gasteiger partial charge in [0.2, 0.25) is 0 Å². The lowest BCUT2D eigenvalue weighted by Gasteiger charge is -2.11. The van der Waals surface area contributed by atoms with Gasteiger partial charge in [0.1, 0.15) is 11.5 Å². The molecule has 0 spiro atoms. The molecule has 1 N–H and O–H groups in total. The Hall–Kier alpha value is -1.10. The van der Waals surface area contributed by atoms with Gasteiger partial charge in [0, 0.05) is 28.8 Å². The molecule has 18 heavy (non-hydrogen) atoms. The van der Waals surface area contributed by atoms with Crippen LogP contribution in [0.25, 0.3) is 0 Å². The van der Waals surface area contributed by atoms with Crippen LogP contribution < -0.4 is 10.1 Å². The molecule has 1 aromatic carbocycles. The Morgan fingerprint density at radius 3 is 2.89 bits per heavy atom. The number of rotatable bonds is 4. The summed E-state index contributed by atoms with van der Waals surface area (Å²) in [7, 11) is 1.89. The Kier molecular flexibility index (Phi) is 4.58. The Bertz CT molecular complexity index is 548. The molecule has 0 fully saturated rings. The van der Waals surface area contributed by atoms with Crippen molar-refractivity contribution in [3.63, 3.8) is 0 Å². The number of aromatic nitrogens is 1. The van der Waals surface area contributed by atoms with Crippen LogP contribution in [-0.4, -0.2) is 12.0 Å². The van der Waals surface area contributed by atoms with Crippen molar-refractivity contribution in [1.29, 1.82) is 0 Å². The van der Waals surface area contributed by atoms with Crippen LogP contribution in [0.4, 0.5) is 0 Å². The Morgan fingerprint density at radius 2 is 2.17 bits per heavy atom. The minimum absolute atomic E-state index is 0.555. The van der Waals surface area contributed by atoms with Crippen molar-refractivity contribution in [3.8, 4) is 11.5 Å². The van der Waals surface area contributed by atoms with Gasteiger partial charge in [-0.3, -0.25) is 4.98 Å². The molecule has 0 aliphatic heterocycles. The summed E-state index contributed by atoms with van der Waals surface area (Å²) in [5.41, 5.74) is 1.06. The lowest BCUT2D eigenvalue weighted by molar-refractivity contribution is 0.472. The fraction of sp³-hybridized carbons (Fsp3) is 0.154. The van der Waals surface area contributed by atoms with Crippen molar-refractivity contribution in [3.05, 3.63) is 51.7 Å². The Labute approximate surface area is 119 Å². The monoisotopic (exact) mass is 326 g/mol. The first-order valence-corrected chi connectivity index (χ1v) is 6.57. The summed E-state index contributed by atoms with van der Waals surface area (Å²) in [6, 6.07) is 7.60. The first-order valence-electron chi connectivity index (χ1n) is 5.40. The smallest absolute Gasteiger partial charge is 0.147 e. The second-order valence-corrected chi connectivity index (χ2v) is 5.08. The van der Waals surface area contributed by atoms with Gasteiger partial charge in [0.15, 0.2) is 0 Å². The molecule has 2 rings (SSSR count). The van der Waals surface area contributed by atoms with Gasteiger partial charge in [-0.15, -0.1) is 0 Å². The predicted octanol–water partition coefficient (Wildman–Crippen LogP) is 4.01. The molecule has 5 heteroatoms. The molecule has 0 aliphatic carbocycles. The molecule has 0 radical (unpaired) electrons. The minimum Gasteiger partial charge on any atom is -0.455 e. The Balaban J connectivity index is 2.28. The normalized spacial score (nSPS) is 10.4. The van der Waals surface area contributed by atoms with Crippen LogP contribution in [-0.2, 0) is 6.54 Å². The van der Waals surface area contributed by atoms with Gasteiger partial charge in [-0.1, -0.05) is 27.5 Å². The van der Waals surface area contributed by atoms with E-state index in [9.17, 15) is 0 Å². The minimum atomic E-state index is 0.555. The van der Waals surface area contributed by atoms with Crippen molar-refractivity contribution in [2.75, 3.05) is 7.05 Å². The highest BCUT2D eigenvalue weighted by molar-refractivity contribution is 9.10. The highest BCUT2D eigenvalue weighted by Gasteiger charge is 2.06. The van der Waals surface area contributed by atoms with Crippen molar-refractivity contribution >= 4 is 27.5 Å². The summed E-state index contributed by atoms with van der Waals surface area (Å²) in [4.78, 5) is 3.99. The summed E-state index contributed by atoms with van der Waals surface area (Å²) >= 11 is 9.32. The van der Waals surface area contributed by atoms with Gasteiger partial charge in [-0.2, -0.15) is 0 Å². The third-order valence-electron chi connectivity index (χ3n) is 2.30. The summed E-state index contributed by atoms with van der Waals surface area (Å²) in [6.07, 6.45) is 3.21. The number of ether oxygens (including phenoxy) is 1. The van der Waals surface area contributed by atoms with Crippen LogP contribution >= 0.6 is 27.5 Å². The van der Waals surface area contributed by atoms with E-state index in [1.54, 1.807) is 18.5 Å². The van der Waals surface area contributed by atoms with Crippen LogP contribution in [0.1, 0.15) is 5.56 Å². The van der Waals surface area contributed by atoms with Gasteiger partial charge in [-0.05, 0) is 25.2 Å². The summed E-state index contributed by atoms with van der Waals surface area (Å²) < 4.78 is 6.81. The maximum atomic E-state index is 5.87. The second kappa shape index (κ2) is 6.18. The zero-order valence-corrected chi connectivity index (χ0v) is 12.1. The lowest BCUT2D eigenvalue weighted by Crippen LogP contribution is -2.06. The topological polar surface area (TPSA) is 34.1 Å². The van der Waals surface area contributed by atoms with Crippen LogP contribution in [0.2, 0.25) is 5.02 Å². The molecule has 1 aromatic heterocycles. The molecule has 1 heterocycles. The molecule has 0 saturated carbocycles. The molecular weight excluding hydrogens is 316 g/mol. The maximum absolute atomic E-state index is 5.87. The number of halogens is 2.